The number of carbonyl (C=O) groups is 2. The zero-order valence-corrected chi connectivity index (χ0v) is 17.0. The molecule has 1 amide bonds. The molecule has 3 heterocycles. The topological polar surface area (TPSA) is 101 Å². The van der Waals surface area contributed by atoms with E-state index in [9.17, 15) is 19.1 Å². The van der Waals surface area contributed by atoms with Crippen molar-refractivity contribution in [3.63, 3.8) is 0 Å². The Hall–Kier alpha value is -3.81. The number of amides is 1. The van der Waals surface area contributed by atoms with E-state index in [1.165, 1.54) is 12.1 Å². The molecule has 158 valence electrons. The van der Waals surface area contributed by atoms with Gasteiger partial charge in [0.15, 0.2) is 0 Å². The van der Waals surface area contributed by atoms with E-state index < -0.39 is 23.2 Å². The molecule has 0 radical (unpaired) electrons. The van der Waals surface area contributed by atoms with Gasteiger partial charge in [-0.15, -0.1) is 0 Å². The van der Waals surface area contributed by atoms with Crippen LogP contribution in [0.3, 0.4) is 0 Å². The summed E-state index contributed by atoms with van der Waals surface area (Å²) < 4.78 is 20.2. The van der Waals surface area contributed by atoms with Gasteiger partial charge in [0.25, 0.3) is 5.91 Å². The number of hydrogen-bond acceptors (Lipinski definition) is 5. The third-order valence-electron chi connectivity index (χ3n) is 5.47. The van der Waals surface area contributed by atoms with Crippen LogP contribution in [-0.4, -0.2) is 33.6 Å². The van der Waals surface area contributed by atoms with Gasteiger partial charge in [-0.2, -0.15) is 0 Å². The van der Waals surface area contributed by atoms with E-state index in [4.69, 9.17) is 4.74 Å². The monoisotopic (exact) mass is 421 g/mol. The molecular formula is C23H20FN3O4. The van der Waals surface area contributed by atoms with Crippen molar-refractivity contribution in [2.75, 3.05) is 6.61 Å². The minimum atomic E-state index is -1.14. The largest absolute Gasteiger partial charge is 0.491 e. The van der Waals surface area contributed by atoms with Crippen LogP contribution in [0.5, 0.6) is 5.75 Å². The summed E-state index contributed by atoms with van der Waals surface area (Å²) in [5.74, 6) is -1.54. The molecule has 0 spiro atoms. The van der Waals surface area contributed by atoms with Crippen LogP contribution in [0, 0.1) is 19.7 Å². The lowest BCUT2D eigenvalue weighted by Crippen LogP contribution is -2.50. The smallest absolute Gasteiger partial charge is 0.337 e. The molecule has 0 saturated heterocycles. The van der Waals surface area contributed by atoms with Crippen LogP contribution in [-0.2, 0) is 5.54 Å². The molecule has 31 heavy (non-hydrogen) atoms. The Bertz CT molecular complexity index is 1200. The Morgan fingerprint density at radius 3 is 2.68 bits per heavy atom. The quantitative estimate of drug-likeness (QED) is 0.670. The van der Waals surface area contributed by atoms with Crippen molar-refractivity contribution in [3.05, 3.63) is 88.3 Å². The molecule has 1 aromatic carbocycles. The highest BCUT2D eigenvalue weighted by Gasteiger charge is 2.43. The number of nitrogens with one attached hydrogen (secondary N) is 1. The fourth-order valence-electron chi connectivity index (χ4n) is 3.76. The van der Waals surface area contributed by atoms with Crippen molar-refractivity contribution in [2.45, 2.75) is 25.8 Å². The van der Waals surface area contributed by atoms with E-state index in [0.29, 0.717) is 41.2 Å². The van der Waals surface area contributed by atoms with Gasteiger partial charge in [-0.3, -0.25) is 14.8 Å². The van der Waals surface area contributed by atoms with Gasteiger partial charge in [-0.1, -0.05) is 12.1 Å². The average molecular weight is 421 g/mol. The number of rotatable bonds is 4. The van der Waals surface area contributed by atoms with Crippen molar-refractivity contribution >= 4 is 11.9 Å². The highest BCUT2D eigenvalue weighted by Crippen LogP contribution is 2.41. The molecule has 3 aromatic rings. The van der Waals surface area contributed by atoms with E-state index in [-0.39, 0.29) is 11.3 Å². The predicted molar refractivity (Wildman–Crippen MR) is 110 cm³/mol. The first-order chi connectivity index (χ1) is 14.8. The number of halogens is 1. The molecule has 2 aromatic heterocycles. The normalized spacial score (nSPS) is 17.4. The summed E-state index contributed by atoms with van der Waals surface area (Å²) in [6.45, 7) is 3.55. The third kappa shape index (κ3) is 3.61. The third-order valence-corrected chi connectivity index (χ3v) is 5.47. The molecule has 1 atom stereocenters. The predicted octanol–water partition coefficient (Wildman–Crippen LogP) is 3.39. The van der Waals surface area contributed by atoms with E-state index in [2.05, 4.69) is 15.3 Å². The number of aromatic carboxylic acids is 1. The van der Waals surface area contributed by atoms with Crippen LogP contribution in [0.4, 0.5) is 4.39 Å². The van der Waals surface area contributed by atoms with Crippen LogP contribution < -0.4 is 10.1 Å². The van der Waals surface area contributed by atoms with Crippen molar-refractivity contribution in [1.82, 2.24) is 15.3 Å². The first kappa shape index (κ1) is 20.5. The van der Waals surface area contributed by atoms with Crippen LogP contribution in [0.15, 0.2) is 48.8 Å². The molecule has 0 bridgehead atoms. The Balaban J connectivity index is 1.82. The minimum Gasteiger partial charge on any atom is -0.491 e. The number of fused-ring (bicyclic) bond motifs is 1. The fraction of sp³-hybridized carbons (Fsp3) is 0.217. The molecule has 0 saturated carbocycles. The maximum Gasteiger partial charge on any atom is 0.337 e. The molecular weight excluding hydrogens is 401 g/mol. The van der Waals surface area contributed by atoms with Gasteiger partial charge < -0.3 is 15.2 Å². The number of aryl methyl sites for hydroxylation is 2. The number of nitrogens with zero attached hydrogens (tertiary/aromatic N) is 2. The Labute approximate surface area is 177 Å². The zero-order valence-electron chi connectivity index (χ0n) is 17.0. The van der Waals surface area contributed by atoms with E-state index in [1.807, 2.05) is 0 Å². The average Bonchev–Trinajstić information content (AvgIpc) is 2.75. The van der Waals surface area contributed by atoms with Crippen molar-refractivity contribution in [3.8, 4) is 5.75 Å². The molecule has 8 heteroatoms. The second-order valence-corrected chi connectivity index (χ2v) is 7.46. The van der Waals surface area contributed by atoms with E-state index in [1.54, 1.807) is 44.3 Å². The summed E-state index contributed by atoms with van der Waals surface area (Å²) >= 11 is 0. The van der Waals surface area contributed by atoms with Crippen molar-refractivity contribution in [2.24, 2.45) is 0 Å². The van der Waals surface area contributed by atoms with Crippen LogP contribution in [0.1, 0.15) is 49.7 Å². The van der Waals surface area contributed by atoms with Crippen LogP contribution >= 0.6 is 0 Å². The Morgan fingerprint density at radius 2 is 1.97 bits per heavy atom. The van der Waals surface area contributed by atoms with Gasteiger partial charge in [-0.25, -0.2) is 9.18 Å². The molecule has 1 aliphatic heterocycles. The minimum absolute atomic E-state index is 0.0185. The van der Waals surface area contributed by atoms with Gasteiger partial charge in [0, 0.05) is 18.8 Å². The van der Waals surface area contributed by atoms with Gasteiger partial charge >= 0.3 is 5.97 Å². The lowest BCUT2D eigenvalue weighted by molar-refractivity contribution is 0.0694. The Morgan fingerprint density at radius 1 is 1.16 bits per heavy atom. The number of ether oxygens (including phenoxy) is 1. The van der Waals surface area contributed by atoms with E-state index in [0.717, 1.165) is 6.20 Å². The summed E-state index contributed by atoms with van der Waals surface area (Å²) in [5, 5.41) is 12.2. The highest BCUT2D eigenvalue weighted by molar-refractivity contribution is 5.95. The number of carbonyl (C=O) groups excluding carboxylic acids is 1. The number of pyridine rings is 2. The molecule has 1 aliphatic rings. The summed E-state index contributed by atoms with van der Waals surface area (Å²) in [6, 6.07) is 9.70. The van der Waals surface area contributed by atoms with Gasteiger partial charge in [0.2, 0.25) is 0 Å². The summed E-state index contributed by atoms with van der Waals surface area (Å²) in [6.07, 6.45) is 3.07. The van der Waals surface area contributed by atoms with Crippen molar-refractivity contribution in [1.29, 1.82) is 0 Å². The Kier molecular flexibility index (Phi) is 5.14. The second kappa shape index (κ2) is 7.79. The van der Waals surface area contributed by atoms with Crippen LogP contribution in [0.2, 0.25) is 0 Å². The number of carboxylic acids is 1. The van der Waals surface area contributed by atoms with E-state index >= 15 is 0 Å². The number of hydrogen-bond donors (Lipinski definition) is 2. The maximum absolute atomic E-state index is 14.5. The van der Waals surface area contributed by atoms with Crippen LogP contribution in [0.25, 0.3) is 0 Å². The summed E-state index contributed by atoms with van der Waals surface area (Å²) in [5.41, 5.74) is 0.835. The summed E-state index contributed by atoms with van der Waals surface area (Å²) in [7, 11) is 0. The number of aromatic nitrogens is 2. The molecule has 7 nitrogen and oxygen atoms in total. The zero-order chi connectivity index (χ0) is 22.2. The summed E-state index contributed by atoms with van der Waals surface area (Å²) in [4.78, 5) is 32.9. The molecule has 4 rings (SSSR count). The standard InChI is InChI=1S/C23H20FN3O4/c1-13-5-6-15(11-17(13)24)23(7-9-31-19-4-3-8-25-20(19)23)27-21(28)18-10-14(2)16(12-26-18)22(29)30/h3-6,8,10-12H,7,9H2,1-2H3,(H,27,28)(H,29,30)/t23-/m0/s1. The first-order valence-electron chi connectivity index (χ1n) is 9.69. The lowest BCUT2D eigenvalue weighted by Gasteiger charge is -2.39. The SMILES string of the molecule is Cc1ccc([C@@]2(NC(=O)c3cc(C)c(C(=O)O)cn3)CCOc3cccnc32)cc1F. The van der Waals surface area contributed by atoms with Crippen molar-refractivity contribution < 1.29 is 23.8 Å². The van der Waals surface area contributed by atoms with Gasteiger partial charge in [0.1, 0.15) is 28.5 Å². The van der Waals surface area contributed by atoms with Gasteiger partial charge in [0.05, 0.1) is 12.2 Å². The highest BCUT2D eigenvalue weighted by atomic mass is 19.1. The second-order valence-electron chi connectivity index (χ2n) is 7.46. The maximum atomic E-state index is 14.5. The number of carboxylic acid groups (broad SMARTS) is 1. The first-order valence-corrected chi connectivity index (χ1v) is 9.69. The van der Waals surface area contributed by atoms with Gasteiger partial charge in [-0.05, 0) is 54.8 Å². The number of benzene rings is 1. The lowest BCUT2D eigenvalue weighted by atomic mass is 9.81. The molecule has 0 aliphatic carbocycles. The fourth-order valence-corrected chi connectivity index (χ4v) is 3.76. The molecule has 0 fully saturated rings. The molecule has 2 N–H and O–H groups in total. The molecule has 0 unspecified atom stereocenters.